The average molecular weight is 478 g/mol. The Kier molecular flexibility index (Phi) is 6.61. The van der Waals surface area contributed by atoms with Gasteiger partial charge in [-0.15, -0.1) is 0 Å². The molecule has 0 N–H and O–H groups in total. The third kappa shape index (κ3) is 4.01. The standard InChI is InChI=1S/C27H24NO5.ClH/c1-30-23-10-9-18-13-22-20-15-25(32-3)24(31-2)14-19(20)11-12-28(22)16-21(18)26(23)33-27(29)17-7-5-4-6-8-17;/h4-10,13-16H,11-12H2,1-3H3;1H/q+1;/p-1. The van der Waals surface area contributed by atoms with Gasteiger partial charge >= 0.3 is 5.97 Å². The molecule has 0 unspecified atom stereocenters. The van der Waals surface area contributed by atoms with Crippen LogP contribution in [0.2, 0.25) is 0 Å². The van der Waals surface area contributed by atoms with Gasteiger partial charge in [0.15, 0.2) is 35.7 Å². The maximum Gasteiger partial charge on any atom is 0.343 e. The first kappa shape index (κ1) is 23.4. The Morgan fingerprint density at radius 1 is 0.853 bits per heavy atom. The molecule has 0 fully saturated rings. The second-order valence-electron chi connectivity index (χ2n) is 7.82. The van der Waals surface area contributed by atoms with Gasteiger partial charge in [-0.1, -0.05) is 18.2 Å². The van der Waals surface area contributed by atoms with Crippen LogP contribution in [0.15, 0.2) is 66.9 Å². The fourth-order valence-corrected chi connectivity index (χ4v) is 4.33. The highest BCUT2D eigenvalue weighted by Gasteiger charge is 2.28. The molecule has 0 atom stereocenters. The monoisotopic (exact) mass is 477 g/mol. The first-order chi connectivity index (χ1) is 16.1. The topological polar surface area (TPSA) is 57.9 Å². The molecule has 0 saturated carbocycles. The number of rotatable bonds is 5. The Bertz CT molecular complexity index is 1370. The Morgan fingerprint density at radius 2 is 1.56 bits per heavy atom. The Hall–Kier alpha value is -3.77. The third-order valence-corrected chi connectivity index (χ3v) is 6.01. The van der Waals surface area contributed by atoms with Gasteiger partial charge in [0.25, 0.3) is 0 Å². The predicted octanol–water partition coefficient (Wildman–Crippen LogP) is 1.60. The third-order valence-electron chi connectivity index (χ3n) is 6.01. The largest absolute Gasteiger partial charge is 1.00 e. The summed E-state index contributed by atoms with van der Waals surface area (Å²) in [4.78, 5) is 12.8. The highest BCUT2D eigenvalue weighted by Crippen LogP contribution is 2.40. The van der Waals surface area contributed by atoms with Crippen LogP contribution in [0.3, 0.4) is 0 Å². The van der Waals surface area contributed by atoms with Gasteiger partial charge in [0.2, 0.25) is 5.69 Å². The van der Waals surface area contributed by atoms with E-state index in [0.717, 1.165) is 40.7 Å². The Labute approximate surface area is 204 Å². The summed E-state index contributed by atoms with van der Waals surface area (Å²) in [7, 11) is 4.86. The van der Waals surface area contributed by atoms with Crippen LogP contribution in [0.25, 0.3) is 22.0 Å². The smallest absolute Gasteiger partial charge is 0.343 e. The number of ether oxygens (including phenoxy) is 4. The highest BCUT2D eigenvalue weighted by atomic mass is 35.5. The molecule has 2 heterocycles. The Balaban J connectivity index is 0.00000274. The number of halogens is 1. The second kappa shape index (κ2) is 9.61. The van der Waals surface area contributed by atoms with Crippen molar-refractivity contribution in [1.29, 1.82) is 0 Å². The molecule has 5 rings (SSSR count). The fourth-order valence-electron chi connectivity index (χ4n) is 4.33. The molecule has 7 heteroatoms. The lowest BCUT2D eigenvalue weighted by atomic mass is 9.95. The van der Waals surface area contributed by atoms with Gasteiger partial charge in [0, 0.05) is 12.5 Å². The van der Waals surface area contributed by atoms with E-state index in [1.165, 1.54) is 5.56 Å². The lowest BCUT2D eigenvalue weighted by molar-refractivity contribution is -0.686. The first-order valence-electron chi connectivity index (χ1n) is 10.7. The van der Waals surface area contributed by atoms with Crippen molar-refractivity contribution in [2.75, 3.05) is 21.3 Å². The molecule has 0 radical (unpaired) electrons. The van der Waals surface area contributed by atoms with Crippen LogP contribution >= 0.6 is 0 Å². The number of fused-ring (bicyclic) bond motifs is 4. The van der Waals surface area contributed by atoms with Gasteiger partial charge in [-0.05, 0) is 47.3 Å². The van der Waals surface area contributed by atoms with Crippen molar-refractivity contribution in [2.45, 2.75) is 13.0 Å². The number of aryl methyl sites for hydroxylation is 2. The molecular weight excluding hydrogens is 454 g/mol. The van der Waals surface area contributed by atoms with Crippen LogP contribution in [-0.2, 0) is 13.0 Å². The summed E-state index contributed by atoms with van der Waals surface area (Å²) in [5.74, 6) is 1.92. The minimum absolute atomic E-state index is 0. The lowest BCUT2D eigenvalue weighted by Gasteiger charge is -2.19. The summed E-state index contributed by atoms with van der Waals surface area (Å²) >= 11 is 0. The number of hydrogen-bond acceptors (Lipinski definition) is 5. The van der Waals surface area contributed by atoms with E-state index in [-0.39, 0.29) is 12.4 Å². The molecule has 1 aromatic heterocycles. The number of hydrogen-bond donors (Lipinski definition) is 0. The normalized spacial score (nSPS) is 11.6. The molecule has 174 valence electrons. The molecule has 1 aliphatic heterocycles. The number of pyridine rings is 1. The number of nitrogens with zero attached hydrogens (tertiary/aromatic N) is 1. The van der Waals surface area contributed by atoms with Crippen LogP contribution in [-0.4, -0.2) is 27.3 Å². The van der Waals surface area contributed by atoms with E-state index in [1.807, 2.05) is 48.7 Å². The van der Waals surface area contributed by atoms with Gasteiger partial charge in [0.1, 0.15) is 0 Å². The second-order valence-corrected chi connectivity index (χ2v) is 7.82. The fraction of sp³-hybridized carbons (Fsp3) is 0.185. The predicted molar refractivity (Wildman–Crippen MR) is 124 cm³/mol. The molecule has 0 aliphatic carbocycles. The average Bonchev–Trinajstić information content (AvgIpc) is 2.87. The van der Waals surface area contributed by atoms with Crippen LogP contribution in [0.1, 0.15) is 15.9 Å². The number of methoxy groups -OCH3 is 3. The molecule has 34 heavy (non-hydrogen) atoms. The molecule has 6 nitrogen and oxygen atoms in total. The minimum Gasteiger partial charge on any atom is -1.00 e. The van der Waals surface area contributed by atoms with Crippen LogP contribution in [0.5, 0.6) is 23.0 Å². The summed E-state index contributed by atoms with van der Waals surface area (Å²) in [6.45, 7) is 0.789. The van der Waals surface area contributed by atoms with E-state index < -0.39 is 5.97 Å². The van der Waals surface area contributed by atoms with Gasteiger partial charge in [-0.2, -0.15) is 4.57 Å². The van der Waals surface area contributed by atoms with Gasteiger partial charge in [-0.25, -0.2) is 4.79 Å². The molecular formula is C27H24ClNO5. The number of esters is 1. The van der Waals surface area contributed by atoms with Crippen molar-refractivity contribution in [3.8, 4) is 34.3 Å². The molecule has 3 aromatic carbocycles. The van der Waals surface area contributed by atoms with Crippen LogP contribution in [0, 0.1) is 0 Å². The van der Waals surface area contributed by atoms with E-state index in [2.05, 4.69) is 10.6 Å². The minimum atomic E-state index is -0.425. The van der Waals surface area contributed by atoms with E-state index in [1.54, 1.807) is 33.5 Å². The summed E-state index contributed by atoms with van der Waals surface area (Å²) in [6.07, 6.45) is 2.88. The number of carbonyl (C=O) groups excluding carboxylic acids is 1. The number of benzene rings is 3. The highest BCUT2D eigenvalue weighted by molar-refractivity contribution is 5.97. The maximum atomic E-state index is 12.8. The summed E-state index contributed by atoms with van der Waals surface area (Å²) in [5, 5.41) is 1.76. The van der Waals surface area contributed by atoms with E-state index in [0.29, 0.717) is 22.8 Å². The van der Waals surface area contributed by atoms with E-state index in [4.69, 9.17) is 18.9 Å². The zero-order valence-electron chi connectivity index (χ0n) is 19.1. The number of carbonyl (C=O) groups is 1. The van der Waals surface area contributed by atoms with Gasteiger partial charge in [-0.3, -0.25) is 0 Å². The van der Waals surface area contributed by atoms with Gasteiger partial charge < -0.3 is 31.4 Å². The maximum absolute atomic E-state index is 12.8. The van der Waals surface area contributed by atoms with Crippen molar-refractivity contribution in [3.05, 3.63) is 78.0 Å². The Morgan fingerprint density at radius 3 is 2.26 bits per heavy atom. The van der Waals surface area contributed by atoms with Crippen molar-refractivity contribution in [1.82, 2.24) is 0 Å². The quantitative estimate of drug-likeness (QED) is 0.248. The summed E-state index contributed by atoms with van der Waals surface area (Å²) in [6, 6.07) is 18.9. The molecule has 0 amide bonds. The molecule has 0 bridgehead atoms. The first-order valence-corrected chi connectivity index (χ1v) is 10.7. The van der Waals surface area contributed by atoms with E-state index in [9.17, 15) is 4.79 Å². The SMILES string of the molecule is COc1cc2c(cc1OC)-c1cc3ccc(OC)c(OC(=O)c4ccccc4)c3c[n+]1CC2.[Cl-]. The summed E-state index contributed by atoms with van der Waals surface area (Å²) in [5.41, 5.74) is 3.85. The van der Waals surface area contributed by atoms with Crippen LogP contribution < -0.4 is 35.9 Å². The van der Waals surface area contributed by atoms with Crippen molar-refractivity contribution in [3.63, 3.8) is 0 Å². The molecule has 1 aliphatic rings. The van der Waals surface area contributed by atoms with Crippen molar-refractivity contribution in [2.24, 2.45) is 0 Å². The summed E-state index contributed by atoms with van der Waals surface area (Å²) < 4.78 is 24.6. The lowest BCUT2D eigenvalue weighted by Crippen LogP contribution is -3.00. The molecule has 0 saturated heterocycles. The molecule has 0 spiro atoms. The zero-order chi connectivity index (χ0) is 22.9. The van der Waals surface area contributed by atoms with Gasteiger partial charge in [0.05, 0.1) is 37.8 Å². The van der Waals surface area contributed by atoms with Crippen molar-refractivity contribution >= 4 is 16.7 Å². The molecule has 4 aromatic rings. The van der Waals surface area contributed by atoms with Crippen LogP contribution in [0.4, 0.5) is 0 Å². The number of aromatic nitrogens is 1. The zero-order valence-corrected chi connectivity index (χ0v) is 19.9. The van der Waals surface area contributed by atoms with E-state index >= 15 is 0 Å². The van der Waals surface area contributed by atoms with Crippen molar-refractivity contribution < 1.29 is 40.7 Å².